The van der Waals surface area contributed by atoms with Crippen LogP contribution in [0, 0.1) is 0 Å². The van der Waals surface area contributed by atoms with Crippen molar-refractivity contribution in [1.29, 1.82) is 0 Å². The van der Waals surface area contributed by atoms with E-state index in [9.17, 15) is 26.4 Å². The summed E-state index contributed by atoms with van der Waals surface area (Å²) in [5.41, 5.74) is 0.814. The van der Waals surface area contributed by atoms with Crippen LogP contribution in [0.4, 0.5) is 5.69 Å². The summed E-state index contributed by atoms with van der Waals surface area (Å²) in [4.78, 5) is 22.7. The van der Waals surface area contributed by atoms with E-state index in [1.54, 1.807) is 30.3 Å². The van der Waals surface area contributed by atoms with Gasteiger partial charge in [0.1, 0.15) is 5.75 Å². The molecular formula is C17H18N2O6S2. The zero-order valence-electron chi connectivity index (χ0n) is 14.4. The minimum Gasteiger partial charge on any atom is -0.325 e. The van der Waals surface area contributed by atoms with Gasteiger partial charge in [-0.3, -0.25) is 9.59 Å². The maximum absolute atomic E-state index is 12.1. The Morgan fingerprint density at radius 2 is 1.48 bits per heavy atom. The van der Waals surface area contributed by atoms with E-state index in [0.29, 0.717) is 5.56 Å². The molecule has 0 fully saturated rings. The highest BCUT2D eigenvalue weighted by molar-refractivity contribution is 7.91. The summed E-state index contributed by atoms with van der Waals surface area (Å²) in [7, 11) is -7.63. The molecule has 0 saturated heterocycles. The van der Waals surface area contributed by atoms with Crippen molar-refractivity contribution in [2.24, 2.45) is 0 Å². The predicted octanol–water partition coefficient (Wildman–Crippen LogP) is 1.06. The summed E-state index contributed by atoms with van der Waals surface area (Å²) in [6.07, 6.45) is 0. The van der Waals surface area contributed by atoms with Crippen LogP contribution >= 0.6 is 0 Å². The lowest BCUT2D eigenvalue weighted by Crippen LogP contribution is -2.28. The maximum Gasteiger partial charge on any atom is 0.264 e. The molecule has 2 rings (SSSR count). The highest BCUT2D eigenvalue weighted by Gasteiger charge is 2.18. The van der Waals surface area contributed by atoms with Gasteiger partial charge in [0, 0.05) is 12.6 Å². The first-order valence-electron chi connectivity index (χ1n) is 7.75. The molecule has 0 saturated carbocycles. The lowest BCUT2D eigenvalue weighted by Gasteiger charge is -2.08. The smallest absolute Gasteiger partial charge is 0.264 e. The summed E-state index contributed by atoms with van der Waals surface area (Å²) in [6, 6.07) is 13.5. The molecule has 27 heavy (non-hydrogen) atoms. The Balaban J connectivity index is 2.00. The third kappa shape index (κ3) is 6.50. The van der Waals surface area contributed by atoms with E-state index in [1.165, 1.54) is 24.3 Å². The molecule has 0 aromatic heterocycles. The van der Waals surface area contributed by atoms with Gasteiger partial charge in [-0.1, -0.05) is 30.3 Å². The minimum atomic E-state index is -3.98. The average Bonchev–Trinajstić information content (AvgIpc) is 2.54. The van der Waals surface area contributed by atoms with Gasteiger partial charge in [-0.2, -0.15) is 0 Å². The average molecular weight is 410 g/mol. The zero-order valence-corrected chi connectivity index (χ0v) is 16.0. The van der Waals surface area contributed by atoms with Crippen LogP contribution in [0.2, 0.25) is 0 Å². The molecule has 0 bridgehead atoms. The number of sulfonamides is 1. The Morgan fingerprint density at radius 1 is 0.889 bits per heavy atom. The fourth-order valence-corrected chi connectivity index (χ4v) is 4.51. The van der Waals surface area contributed by atoms with E-state index >= 15 is 0 Å². The second-order valence-electron chi connectivity index (χ2n) is 5.75. The van der Waals surface area contributed by atoms with Gasteiger partial charge in [0.05, 0.1) is 10.6 Å². The lowest BCUT2D eigenvalue weighted by atomic mass is 10.2. The molecule has 0 aliphatic heterocycles. The summed E-state index contributed by atoms with van der Waals surface area (Å²) >= 11 is 0. The van der Waals surface area contributed by atoms with E-state index in [0.717, 1.165) is 6.92 Å². The van der Waals surface area contributed by atoms with E-state index in [4.69, 9.17) is 0 Å². The molecule has 0 atom stereocenters. The van der Waals surface area contributed by atoms with E-state index in [2.05, 4.69) is 5.32 Å². The molecule has 2 aromatic rings. The summed E-state index contributed by atoms with van der Waals surface area (Å²) in [5, 5.41) is 2.40. The fourth-order valence-electron chi connectivity index (χ4n) is 2.24. The first-order chi connectivity index (χ1) is 12.6. The van der Waals surface area contributed by atoms with Gasteiger partial charge in [0.15, 0.2) is 9.84 Å². The van der Waals surface area contributed by atoms with Crippen LogP contribution in [0.15, 0.2) is 59.5 Å². The molecule has 144 valence electrons. The highest BCUT2D eigenvalue weighted by Crippen LogP contribution is 2.14. The zero-order chi connectivity index (χ0) is 20.1. The summed E-state index contributed by atoms with van der Waals surface area (Å²) < 4.78 is 49.7. The standard InChI is InChI=1S/C17H18N2O6S2/c1-13(20)19-27(24,25)16-9-7-15(8-10-16)18-17(21)12-26(22,23)11-14-5-3-2-4-6-14/h2-10H,11-12H2,1H3,(H,18,21)(H,19,20). The molecule has 8 nitrogen and oxygen atoms in total. The van der Waals surface area contributed by atoms with Gasteiger partial charge < -0.3 is 5.32 Å². The molecule has 2 aromatic carbocycles. The monoisotopic (exact) mass is 410 g/mol. The van der Waals surface area contributed by atoms with Crippen LogP contribution in [-0.4, -0.2) is 34.4 Å². The highest BCUT2D eigenvalue weighted by atomic mass is 32.2. The third-order valence-corrected chi connectivity index (χ3v) is 6.23. The number of carbonyl (C=O) groups is 2. The van der Waals surface area contributed by atoms with Crippen molar-refractivity contribution in [3.8, 4) is 0 Å². The summed E-state index contributed by atoms with van der Waals surface area (Å²) in [6.45, 7) is 1.07. The molecule has 0 aliphatic rings. The van der Waals surface area contributed by atoms with Crippen molar-refractivity contribution in [3.05, 3.63) is 60.2 Å². The first-order valence-corrected chi connectivity index (χ1v) is 11.1. The second kappa shape index (κ2) is 8.31. The Kier molecular flexibility index (Phi) is 6.34. The van der Waals surface area contributed by atoms with Crippen molar-refractivity contribution < 1.29 is 26.4 Å². The van der Waals surface area contributed by atoms with Crippen LogP contribution < -0.4 is 10.0 Å². The Bertz CT molecular complexity index is 1030. The number of hydrogen-bond acceptors (Lipinski definition) is 6. The SMILES string of the molecule is CC(=O)NS(=O)(=O)c1ccc(NC(=O)CS(=O)(=O)Cc2ccccc2)cc1. The van der Waals surface area contributed by atoms with Crippen LogP contribution in [-0.2, 0) is 35.2 Å². The molecular weight excluding hydrogens is 392 g/mol. The number of sulfone groups is 1. The fraction of sp³-hybridized carbons (Fsp3) is 0.176. The number of nitrogens with one attached hydrogen (secondary N) is 2. The number of hydrogen-bond donors (Lipinski definition) is 2. The lowest BCUT2D eigenvalue weighted by molar-refractivity contribution is -0.117. The van der Waals surface area contributed by atoms with Gasteiger partial charge in [-0.25, -0.2) is 21.6 Å². The van der Waals surface area contributed by atoms with Crippen molar-refractivity contribution in [3.63, 3.8) is 0 Å². The van der Waals surface area contributed by atoms with Gasteiger partial charge in [0.25, 0.3) is 10.0 Å². The summed E-state index contributed by atoms with van der Waals surface area (Å²) in [5.74, 6) is -2.41. The minimum absolute atomic E-state index is 0.160. The van der Waals surface area contributed by atoms with Gasteiger partial charge in [-0.05, 0) is 29.8 Å². The number of amides is 2. The van der Waals surface area contributed by atoms with E-state index < -0.39 is 37.4 Å². The maximum atomic E-state index is 12.1. The molecule has 0 spiro atoms. The molecule has 0 aliphatic carbocycles. The molecule has 2 amide bonds. The van der Waals surface area contributed by atoms with Crippen molar-refractivity contribution in [1.82, 2.24) is 4.72 Å². The van der Waals surface area contributed by atoms with Gasteiger partial charge in [0.2, 0.25) is 11.8 Å². The van der Waals surface area contributed by atoms with Gasteiger partial charge >= 0.3 is 0 Å². The molecule has 2 N–H and O–H groups in total. The Labute approximate surface area is 157 Å². The second-order valence-corrected chi connectivity index (χ2v) is 9.50. The Morgan fingerprint density at radius 3 is 2.04 bits per heavy atom. The third-order valence-electron chi connectivity index (χ3n) is 3.31. The molecule has 0 heterocycles. The van der Waals surface area contributed by atoms with Crippen molar-refractivity contribution >= 4 is 37.4 Å². The van der Waals surface area contributed by atoms with Gasteiger partial charge in [-0.15, -0.1) is 0 Å². The molecule has 0 unspecified atom stereocenters. The molecule has 0 radical (unpaired) electrons. The normalized spacial score (nSPS) is 11.6. The van der Waals surface area contributed by atoms with Crippen molar-refractivity contribution in [2.45, 2.75) is 17.6 Å². The van der Waals surface area contributed by atoms with Crippen LogP contribution in [0.3, 0.4) is 0 Å². The number of benzene rings is 2. The largest absolute Gasteiger partial charge is 0.325 e. The van der Waals surface area contributed by atoms with Crippen molar-refractivity contribution in [2.75, 3.05) is 11.1 Å². The topological polar surface area (TPSA) is 126 Å². The number of rotatable bonds is 7. The first kappa shape index (κ1) is 20.6. The quantitative estimate of drug-likeness (QED) is 0.703. The van der Waals surface area contributed by atoms with E-state index in [1.807, 2.05) is 4.72 Å². The molecule has 10 heteroatoms. The van der Waals surface area contributed by atoms with Crippen LogP contribution in [0.25, 0.3) is 0 Å². The van der Waals surface area contributed by atoms with E-state index in [-0.39, 0.29) is 16.3 Å². The number of carbonyl (C=O) groups excluding carboxylic acids is 2. The van der Waals surface area contributed by atoms with Crippen LogP contribution in [0.5, 0.6) is 0 Å². The Hall–Kier alpha value is -2.72. The predicted molar refractivity (Wildman–Crippen MR) is 100 cm³/mol. The van der Waals surface area contributed by atoms with Crippen LogP contribution in [0.1, 0.15) is 12.5 Å². The number of anilines is 1.